The zero-order valence-corrected chi connectivity index (χ0v) is 15.0. The molecule has 0 aromatic heterocycles. The molecule has 1 aromatic carbocycles. The zero-order valence-electron chi connectivity index (χ0n) is 15.0. The maximum absolute atomic E-state index is 12.2. The molecule has 1 saturated carbocycles. The molecule has 138 valence electrons. The Morgan fingerprint density at radius 3 is 2.52 bits per heavy atom. The van der Waals surface area contributed by atoms with Crippen LogP contribution in [0.1, 0.15) is 44.9 Å². The highest BCUT2D eigenvalue weighted by Crippen LogP contribution is 2.24. The van der Waals surface area contributed by atoms with E-state index in [0.29, 0.717) is 32.0 Å². The molecule has 1 aliphatic carbocycles. The molecule has 2 aliphatic rings. The highest BCUT2D eigenvalue weighted by Gasteiger charge is 2.33. The summed E-state index contributed by atoms with van der Waals surface area (Å²) in [6.45, 7) is 2.20. The van der Waals surface area contributed by atoms with Gasteiger partial charge in [-0.2, -0.15) is 0 Å². The van der Waals surface area contributed by atoms with E-state index < -0.39 is 5.60 Å². The van der Waals surface area contributed by atoms with Gasteiger partial charge in [-0.3, -0.25) is 9.69 Å². The summed E-state index contributed by atoms with van der Waals surface area (Å²) in [4.78, 5) is 14.3. The fourth-order valence-corrected chi connectivity index (χ4v) is 3.73. The number of likely N-dealkylation sites (tertiary alicyclic amines) is 1. The summed E-state index contributed by atoms with van der Waals surface area (Å²) in [5.41, 5.74) is -0.799. The number of piperidine rings is 1. The number of para-hydroxylation sites is 1. The van der Waals surface area contributed by atoms with Crippen LogP contribution in [-0.2, 0) is 4.79 Å². The molecule has 0 radical (unpaired) electrons. The minimum Gasteiger partial charge on any atom is -0.491 e. The summed E-state index contributed by atoms with van der Waals surface area (Å²) < 4.78 is 5.72. The van der Waals surface area contributed by atoms with Crippen LogP contribution in [0.25, 0.3) is 0 Å². The van der Waals surface area contributed by atoms with Gasteiger partial charge in [-0.1, -0.05) is 37.5 Å². The van der Waals surface area contributed by atoms with Crippen LogP contribution in [0.5, 0.6) is 5.75 Å². The van der Waals surface area contributed by atoms with Crippen LogP contribution >= 0.6 is 0 Å². The van der Waals surface area contributed by atoms with Crippen LogP contribution in [0.4, 0.5) is 0 Å². The van der Waals surface area contributed by atoms with Crippen LogP contribution in [0, 0.1) is 0 Å². The maximum atomic E-state index is 12.2. The van der Waals surface area contributed by atoms with E-state index in [2.05, 4.69) is 10.2 Å². The van der Waals surface area contributed by atoms with Crippen molar-refractivity contribution in [2.24, 2.45) is 0 Å². The fraction of sp³-hybridized carbons (Fsp3) is 0.650. The van der Waals surface area contributed by atoms with Crippen molar-refractivity contribution in [1.29, 1.82) is 0 Å². The SMILES string of the molecule is O=C(CN1CCC(O)(COc2ccccc2)CC1)NC1CCCCC1. The number of rotatable bonds is 6. The lowest BCUT2D eigenvalue weighted by Gasteiger charge is -2.37. The molecule has 0 bridgehead atoms. The van der Waals surface area contributed by atoms with Gasteiger partial charge in [0.1, 0.15) is 18.0 Å². The van der Waals surface area contributed by atoms with Crippen molar-refractivity contribution in [2.45, 2.75) is 56.6 Å². The number of nitrogens with one attached hydrogen (secondary N) is 1. The Labute approximate surface area is 150 Å². The van der Waals surface area contributed by atoms with E-state index in [0.717, 1.165) is 31.7 Å². The van der Waals surface area contributed by atoms with E-state index in [1.54, 1.807) is 0 Å². The third-order valence-electron chi connectivity index (χ3n) is 5.37. The average Bonchev–Trinajstić information content (AvgIpc) is 2.64. The Kier molecular flexibility index (Phi) is 6.32. The summed E-state index contributed by atoms with van der Waals surface area (Å²) >= 11 is 0. The van der Waals surface area contributed by atoms with Gasteiger partial charge in [0, 0.05) is 19.1 Å². The Balaban J connectivity index is 1.38. The number of amides is 1. The van der Waals surface area contributed by atoms with Gasteiger partial charge < -0.3 is 15.2 Å². The summed E-state index contributed by atoms with van der Waals surface area (Å²) in [6, 6.07) is 9.95. The molecule has 1 amide bonds. The first-order valence-electron chi connectivity index (χ1n) is 9.55. The third-order valence-corrected chi connectivity index (χ3v) is 5.37. The molecule has 1 aromatic rings. The molecule has 3 rings (SSSR count). The molecule has 1 heterocycles. The standard InChI is InChI=1S/C20H30N2O3/c23-19(21-17-7-3-1-4-8-17)15-22-13-11-20(24,12-14-22)16-25-18-9-5-2-6-10-18/h2,5-6,9-10,17,24H,1,3-4,7-8,11-16H2,(H,21,23). The molecule has 5 heteroatoms. The van der Waals surface area contributed by atoms with Gasteiger partial charge >= 0.3 is 0 Å². The minimum atomic E-state index is -0.799. The number of hydrogen-bond acceptors (Lipinski definition) is 4. The number of carbonyl (C=O) groups is 1. The van der Waals surface area contributed by atoms with Crippen molar-refractivity contribution in [3.63, 3.8) is 0 Å². The molecular weight excluding hydrogens is 316 g/mol. The van der Waals surface area contributed by atoms with Gasteiger partial charge in [-0.05, 0) is 37.8 Å². The third kappa shape index (κ3) is 5.72. The van der Waals surface area contributed by atoms with Crippen molar-refractivity contribution < 1.29 is 14.6 Å². The lowest BCUT2D eigenvalue weighted by atomic mass is 9.92. The van der Waals surface area contributed by atoms with Crippen molar-refractivity contribution >= 4 is 5.91 Å². The predicted molar refractivity (Wildman–Crippen MR) is 97.6 cm³/mol. The van der Waals surface area contributed by atoms with Crippen molar-refractivity contribution in [3.05, 3.63) is 30.3 Å². The maximum Gasteiger partial charge on any atom is 0.234 e. The molecule has 25 heavy (non-hydrogen) atoms. The van der Waals surface area contributed by atoms with E-state index in [1.165, 1.54) is 19.3 Å². The van der Waals surface area contributed by atoms with E-state index in [9.17, 15) is 9.90 Å². The van der Waals surface area contributed by atoms with E-state index >= 15 is 0 Å². The second kappa shape index (κ2) is 8.68. The van der Waals surface area contributed by atoms with Gasteiger partial charge in [0.25, 0.3) is 0 Å². The first-order chi connectivity index (χ1) is 12.1. The van der Waals surface area contributed by atoms with Gasteiger partial charge in [0.15, 0.2) is 0 Å². The molecule has 0 unspecified atom stereocenters. The van der Waals surface area contributed by atoms with Crippen LogP contribution < -0.4 is 10.1 Å². The van der Waals surface area contributed by atoms with E-state index in [-0.39, 0.29) is 5.91 Å². The second-order valence-electron chi connectivity index (χ2n) is 7.50. The minimum absolute atomic E-state index is 0.123. The molecule has 1 aliphatic heterocycles. The largest absolute Gasteiger partial charge is 0.491 e. The Morgan fingerprint density at radius 2 is 1.84 bits per heavy atom. The lowest BCUT2D eigenvalue weighted by Crippen LogP contribution is -2.51. The van der Waals surface area contributed by atoms with Gasteiger partial charge in [0.05, 0.1) is 6.54 Å². The second-order valence-corrected chi connectivity index (χ2v) is 7.50. The molecule has 5 nitrogen and oxygen atoms in total. The number of benzene rings is 1. The van der Waals surface area contributed by atoms with Crippen LogP contribution in [0.3, 0.4) is 0 Å². The number of aliphatic hydroxyl groups is 1. The number of hydrogen-bond donors (Lipinski definition) is 2. The predicted octanol–water partition coefficient (Wildman–Crippen LogP) is 2.34. The summed E-state index contributed by atoms with van der Waals surface area (Å²) in [7, 11) is 0. The topological polar surface area (TPSA) is 61.8 Å². The highest BCUT2D eigenvalue weighted by molar-refractivity contribution is 5.78. The average molecular weight is 346 g/mol. The van der Waals surface area contributed by atoms with Crippen molar-refractivity contribution in [2.75, 3.05) is 26.2 Å². The summed E-state index contributed by atoms with van der Waals surface area (Å²) in [5, 5.41) is 13.9. The normalized spacial score (nSPS) is 21.6. The molecule has 2 fully saturated rings. The number of nitrogens with zero attached hydrogens (tertiary/aromatic N) is 1. The zero-order chi connectivity index (χ0) is 17.5. The Bertz CT molecular complexity index is 535. The van der Waals surface area contributed by atoms with Crippen LogP contribution in [0.15, 0.2) is 30.3 Å². The van der Waals surface area contributed by atoms with Crippen molar-refractivity contribution in [1.82, 2.24) is 10.2 Å². The number of ether oxygens (including phenoxy) is 1. The molecule has 2 N–H and O–H groups in total. The number of carbonyl (C=O) groups excluding carboxylic acids is 1. The van der Waals surface area contributed by atoms with Gasteiger partial charge in [-0.25, -0.2) is 0 Å². The van der Waals surface area contributed by atoms with Gasteiger partial charge in [-0.15, -0.1) is 0 Å². The van der Waals surface area contributed by atoms with Crippen LogP contribution in [-0.4, -0.2) is 53.8 Å². The molecule has 0 atom stereocenters. The first-order valence-corrected chi connectivity index (χ1v) is 9.55. The van der Waals surface area contributed by atoms with Crippen LogP contribution in [0.2, 0.25) is 0 Å². The Morgan fingerprint density at radius 1 is 1.16 bits per heavy atom. The highest BCUT2D eigenvalue weighted by atomic mass is 16.5. The monoisotopic (exact) mass is 346 g/mol. The van der Waals surface area contributed by atoms with E-state index in [4.69, 9.17) is 4.74 Å². The molecule has 0 spiro atoms. The first kappa shape index (κ1) is 18.2. The quantitative estimate of drug-likeness (QED) is 0.830. The van der Waals surface area contributed by atoms with Gasteiger partial charge in [0.2, 0.25) is 5.91 Å². The summed E-state index contributed by atoms with van der Waals surface area (Å²) in [6.07, 6.45) is 7.24. The van der Waals surface area contributed by atoms with Crippen molar-refractivity contribution in [3.8, 4) is 5.75 Å². The smallest absolute Gasteiger partial charge is 0.234 e. The molecule has 1 saturated heterocycles. The van der Waals surface area contributed by atoms with E-state index in [1.807, 2.05) is 30.3 Å². The summed E-state index contributed by atoms with van der Waals surface area (Å²) in [5.74, 6) is 0.906. The Hall–Kier alpha value is -1.59. The fourth-order valence-electron chi connectivity index (χ4n) is 3.73. The molecular formula is C20H30N2O3. The lowest BCUT2D eigenvalue weighted by molar-refractivity contribution is -0.124.